The van der Waals surface area contributed by atoms with Crippen molar-refractivity contribution in [1.29, 1.82) is 0 Å². The third kappa shape index (κ3) is 4.04. The Morgan fingerprint density at radius 3 is 2.66 bits per heavy atom. The van der Waals surface area contributed by atoms with Crippen molar-refractivity contribution in [1.82, 2.24) is 15.2 Å². The second kappa shape index (κ2) is 7.88. The minimum atomic E-state index is -0.451. The molecule has 0 unspecified atom stereocenters. The zero-order chi connectivity index (χ0) is 20.4. The minimum Gasteiger partial charge on any atom is -0.497 e. The molecule has 9 heteroatoms. The molecule has 8 nitrogen and oxygen atoms in total. The van der Waals surface area contributed by atoms with Gasteiger partial charge in [0.2, 0.25) is 11.8 Å². The quantitative estimate of drug-likeness (QED) is 0.254. The molecule has 0 radical (unpaired) electrons. The van der Waals surface area contributed by atoms with Crippen LogP contribution >= 0.6 is 11.8 Å². The number of nitrogens with zero attached hydrogens (tertiary/aromatic N) is 4. The fraction of sp³-hybridized carbons (Fsp3) is 0.150. The van der Waals surface area contributed by atoms with Crippen LogP contribution in [0.15, 0.2) is 58.0 Å². The van der Waals surface area contributed by atoms with Crippen molar-refractivity contribution in [3.05, 3.63) is 70.1 Å². The van der Waals surface area contributed by atoms with Crippen LogP contribution in [0.3, 0.4) is 0 Å². The summed E-state index contributed by atoms with van der Waals surface area (Å²) in [7, 11) is 1.63. The van der Waals surface area contributed by atoms with Crippen molar-refractivity contribution in [2.45, 2.75) is 17.7 Å². The van der Waals surface area contributed by atoms with E-state index in [-0.39, 0.29) is 5.69 Å². The molecule has 4 rings (SSSR count). The first kappa shape index (κ1) is 18.9. The molecule has 0 amide bonds. The van der Waals surface area contributed by atoms with Gasteiger partial charge in [-0.15, -0.1) is 10.2 Å². The smallest absolute Gasteiger partial charge is 0.269 e. The van der Waals surface area contributed by atoms with Crippen LogP contribution in [0, 0.1) is 17.0 Å². The molecule has 2 aromatic heterocycles. The Morgan fingerprint density at radius 1 is 1.14 bits per heavy atom. The van der Waals surface area contributed by atoms with Gasteiger partial charge >= 0.3 is 0 Å². The van der Waals surface area contributed by atoms with Crippen LogP contribution in [0.4, 0.5) is 5.69 Å². The molecule has 146 valence electrons. The van der Waals surface area contributed by atoms with Crippen molar-refractivity contribution in [3.8, 4) is 17.2 Å². The van der Waals surface area contributed by atoms with Crippen LogP contribution < -0.4 is 4.74 Å². The molecule has 2 aromatic carbocycles. The number of hydrogen-bond donors (Lipinski definition) is 0. The SMILES string of the molecule is COc1ccc2c(C)cc(SCc3nnc(-c4ccc([N+](=O)[O-])cc4)o3)nc2c1. The number of pyridine rings is 1. The summed E-state index contributed by atoms with van der Waals surface area (Å²) in [6.07, 6.45) is 0. The second-order valence-corrected chi connectivity index (χ2v) is 7.25. The predicted octanol–water partition coefficient (Wildman–Crippen LogP) is 4.80. The van der Waals surface area contributed by atoms with Gasteiger partial charge in [0, 0.05) is 29.1 Å². The number of hydrogen-bond acceptors (Lipinski definition) is 8. The molecule has 0 bridgehead atoms. The highest BCUT2D eigenvalue weighted by atomic mass is 32.2. The second-order valence-electron chi connectivity index (χ2n) is 6.25. The maximum Gasteiger partial charge on any atom is 0.269 e. The lowest BCUT2D eigenvalue weighted by Gasteiger charge is -2.07. The van der Waals surface area contributed by atoms with Gasteiger partial charge in [0.15, 0.2) is 0 Å². The Balaban J connectivity index is 1.50. The van der Waals surface area contributed by atoms with Crippen LogP contribution in [0.2, 0.25) is 0 Å². The van der Waals surface area contributed by atoms with E-state index in [9.17, 15) is 10.1 Å². The normalized spacial score (nSPS) is 11.0. The van der Waals surface area contributed by atoms with Gasteiger partial charge < -0.3 is 9.15 Å². The van der Waals surface area contributed by atoms with E-state index in [0.29, 0.717) is 23.1 Å². The molecule has 0 N–H and O–H groups in total. The zero-order valence-electron chi connectivity index (χ0n) is 15.7. The Morgan fingerprint density at radius 2 is 1.93 bits per heavy atom. The number of aryl methyl sites for hydroxylation is 1. The van der Waals surface area contributed by atoms with E-state index in [1.165, 1.54) is 23.9 Å². The van der Waals surface area contributed by atoms with E-state index >= 15 is 0 Å². The molecule has 0 aliphatic carbocycles. The number of aromatic nitrogens is 3. The number of benzene rings is 2. The fourth-order valence-electron chi connectivity index (χ4n) is 2.84. The highest BCUT2D eigenvalue weighted by molar-refractivity contribution is 7.98. The largest absolute Gasteiger partial charge is 0.497 e. The van der Waals surface area contributed by atoms with Gasteiger partial charge in [0.1, 0.15) is 5.75 Å². The van der Waals surface area contributed by atoms with Crippen LogP contribution in [-0.4, -0.2) is 27.2 Å². The first-order valence-electron chi connectivity index (χ1n) is 8.69. The van der Waals surface area contributed by atoms with Crippen molar-refractivity contribution in [3.63, 3.8) is 0 Å². The van der Waals surface area contributed by atoms with E-state index in [0.717, 1.165) is 27.2 Å². The number of nitro benzene ring substituents is 1. The number of methoxy groups -OCH3 is 1. The number of thioether (sulfide) groups is 1. The third-order valence-electron chi connectivity index (χ3n) is 4.34. The maximum atomic E-state index is 10.8. The maximum absolute atomic E-state index is 10.8. The number of fused-ring (bicyclic) bond motifs is 1. The lowest BCUT2D eigenvalue weighted by molar-refractivity contribution is -0.384. The van der Waals surface area contributed by atoms with Gasteiger partial charge in [0.25, 0.3) is 5.69 Å². The molecular weight excluding hydrogens is 392 g/mol. The Bertz CT molecular complexity index is 1190. The molecule has 0 atom stereocenters. The van der Waals surface area contributed by atoms with E-state index < -0.39 is 4.92 Å². The Labute approximate surface area is 170 Å². The first-order valence-corrected chi connectivity index (χ1v) is 9.67. The van der Waals surface area contributed by atoms with Crippen molar-refractivity contribution in [2.24, 2.45) is 0 Å². The van der Waals surface area contributed by atoms with Crippen molar-refractivity contribution < 1.29 is 14.1 Å². The molecule has 0 saturated heterocycles. The average molecular weight is 408 g/mol. The van der Waals surface area contributed by atoms with E-state index in [4.69, 9.17) is 9.15 Å². The summed E-state index contributed by atoms with van der Waals surface area (Å²) in [6.45, 7) is 2.04. The van der Waals surface area contributed by atoms with Crippen LogP contribution in [0.5, 0.6) is 5.75 Å². The monoisotopic (exact) mass is 408 g/mol. The Kier molecular flexibility index (Phi) is 5.13. The third-order valence-corrected chi connectivity index (χ3v) is 5.23. The predicted molar refractivity (Wildman–Crippen MR) is 109 cm³/mol. The molecule has 0 aliphatic heterocycles. The van der Waals surface area contributed by atoms with Crippen molar-refractivity contribution >= 4 is 28.4 Å². The molecule has 0 saturated carbocycles. The number of rotatable bonds is 6. The Hall–Kier alpha value is -3.46. The zero-order valence-corrected chi connectivity index (χ0v) is 16.5. The van der Waals surface area contributed by atoms with E-state index in [1.54, 1.807) is 19.2 Å². The minimum absolute atomic E-state index is 0.0124. The summed E-state index contributed by atoms with van der Waals surface area (Å²) in [4.78, 5) is 15.0. The van der Waals surface area contributed by atoms with Gasteiger partial charge in [-0.1, -0.05) is 11.8 Å². The van der Waals surface area contributed by atoms with Gasteiger partial charge in [-0.05, 0) is 42.8 Å². The number of ether oxygens (including phenoxy) is 1. The number of nitro groups is 1. The van der Waals surface area contributed by atoms with Gasteiger partial charge in [0.05, 0.1) is 28.3 Å². The molecule has 0 fully saturated rings. The van der Waals surface area contributed by atoms with E-state index in [2.05, 4.69) is 15.2 Å². The first-order chi connectivity index (χ1) is 14.0. The average Bonchev–Trinajstić information content (AvgIpc) is 3.21. The lowest BCUT2D eigenvalue weighted by Crippen LogP contribution is -1.90. The lowest BCUT2D eigenvalue weighted by atomic mass is 10.1. The van der Waals surface area contributed by atoms with Crippen LogP contribution in [0.25, 0.3) is 22.4 Å². The van der Waals surface area contributed by atoms with Gasteiger partial charge in [-0.3, -0.25) is 10.1 Å². The summed E-state index contributed by atoms with van der Waals surface area (Å²) in [6, 6.07) is 13.8. The molecule has 0 spiro atoms. The summed E-state index contributed by atoms with van der Waals surface area (Å²) in [5.41, 5.74) is 2.63. The molecule has 29 heavy (non-hydrogen) atoms. The topological polar surface area (TPSA) is 104 Å². The van der Waals surface area contributed by atoms with Gasteiger partial charge in [-0.2, -0.15) is 0 Å². The van der Waals surface area contributed by atoms with Crippen LogP contribution in [-0.2, 0) is 5.75 Å². The summed E-state index contributed by atoms with van der Waals surface area (Å²) in [5, 5.41) is 20.8. The highest BCUT2D eigenvalue weighted by Crippen LogP contribution is 2.29. The van der Waals surface area contributed by atoms with Gasteiger partial charge in [-0.25, -0.2) is 4.98 Å². The fourth-order valence-corrected chi connectivity index (χ4v) is 3.65. The molecule has 0 aliphatic rings. The molecule has 4 aromatic rings. The summed E-state index contributed by atoms with van der Waals surface area (Å²) >= 11 is 1.49. The summed E-state index contributed by atoms with van der Waals surface area (Å²) < 4.78 is 11.0. The van der Waals surface area contributed by atoms with E-state index in [1.807, 2.05) is 31.2 Å². The standard InChI is InChI=1S/C20H16N4O4S/c1-12-9-19(21-17-10-15(27-2)7-8-16(12)17)29-11-18-22-23-20(28-18)13-3-5-14(6-4-13)24(25)26/h3-10H,11H2,1-2H3. The molecule has 2 heterocycles. The highest BCUT2D eigenvalue weighted by Gasteiger charge is 2.12. The van der Waals surface area contributed by atoms with Crippen molar-refractivity contribution in [2.75, 3.05) is 7.11 Å². The summed E-state index contributed by atoms with van der Waals surface area (Å²) in [5.74, 6) is 2.00. The molecular formula is C20H16N4O4S. The van der Waals surface area contributed by atoms with Crippen LogP contribution in [0.1, 0.15) is 11.5 Å². The number of non-ortho nitro benzene ring substituents is 1.